The lowest BCUT2D eigenvalue weighted by molar-refractivity contribution is -0.0859. The van der Waals surface area contributed by atoms with Crippen LogP contribution in [-0.4, -0.2) is 18.4 Å². The molecular formula is C8H8ClF3N2. The van der Waals surface area contributed by atoms with E-state index in [4.69, 9.17) is 11.6 Å². The lowest BCUT2D eigenvalue weighted by atomic mass is 10.2. The van der Waals surface area contributed by atoms with Crippen LogP contribution < -0.4 is 5.32 Å². The standard InChI is InChI=1S/C8H8ClF3N2/c1-13-5-2-3-6(8(10,11)12)7(9)14-4-5/h3-4,13H,2H2,1H3. The van der Waals surface area contributed by atoms with Crippen LogP contribution in [0, 0.1) is 0 Å². The zero-order chi connectivity index (χ0) is 10.8. The van der Waals surface area contributed by atoms with E-state index in [1.807, 2.05) is 0 Å². The van der Waals surface area contributed by atoms with Gasteiger partial charge in [-0.3, -0.25) is 0 Å². The highest BCUT2D eigenvalue weighted by Crippen LogP contribution is 2.30. The summed E-state index contributed by atoms with van der Waals surface area (Å²) in [5.41, 5.74) is -0.303. The van der Waals surface area contributed by atoms with Crippen molar-refractivity contribution in [2.75, 3.05) is 7.05 Å². The fourth-order valence-corrected chi connectivity index (χ4v) is 1.19. The fraction of sp³-hybridized carbons (Fsp3) is 0.375. The number of nitrogens with one attached hydrogen (secondary N) is 1. The molecule has 1 heterocycles. The van der Waals surface area contributed by atoms with E-state index in [2.05, 4.69) is 10.3 Å². The molecule has 0 amide bonds. The Labute approximate surface area is 84.2 Å². The summed E-state index contributed by atoms with van der Waals surface area (Å²) in [4.78, 5) is 3.49. The van der Waals surface area contributed by atoms with E-state index >= 15 is 0 Å². The first-order chi connectivity index (χ1) is 6.45. The molecule has 0 spiro atoms. The zero-order valence-corrected chi connectivity index (χ0v) is 8.08. The van der Waals surface area contributed by atoms with Gasteiger partial charge in [0.25, 0.3) is 0 Å². The minimum atomic E-state index is -4.45. The third-order valence-corrected chi connectivity index (χ3v) is 2.01. The van der Waals surface area contributed by atoms with Gasteiger partial charge in [0.15, 0.2) is 0 Å². The summed E-state index contributed by atoms with van der Waals surface area (Å²) >= 11 is 5.38. The highest BCUT2D eigenvalue weighted by Gasteiger charge is 2.36. The quantitative estimate of drug-likeness (QED) is 0.727. The number of halogens is 4. The van der Waals surface area contributed by atoms with Gasteiger partial charge in [0, 0.05) is 25.4 Å². The normalized spacial score (nSPS) is 17.9. The van der Waals surface area contributed by atoms with Crippen molar-refractivity contribution in [3.63, 3.8) is 0 Å². The number of allylic oxidation sites excluding steroid dienone is 2. The van der Waals surface area contributed by atoms with E-state index in [0.717, 1.165) is 6.08 Å². The molecule has 0 fully saturated rings. The SMILES string of the molecule is CNC1=CN=C(Cl)C(C(F)(F)F)=CC1. The number of hydrogen-bond acceptors (Lipinski definition) is 2. The van der Waals surface area contributed by atoms with E-state index in [1.165, 1.54) is 6.20 Å². The molecule has 78 valence electrons. The van der Waals surface area contributed by atoms with Gasteiger partial charge in [-0.15, -0.1) is 0 Å². The second kappa shape index (κ2) is 4.04. The minimum Gasteiger partial charge on any atom is -0.390 e. The molecule has 0 unspecified atom stereocenters. The smallest absolute Gasteiger partial charge is 0.390 e. The van der Waals surface area contributed by atoms with Gasteiger partial charge in [0.1, 0.15) is 5.17 Å². The van der Waals surface area contributed by atoms with Crippen molar-refractivity contribution in [2.24, 2.45) is 4.99 Å². The summed E-state index contributed by atoms with van der Waals surface area (Å²) in [6, 6.07) is 0. The maximum Gasteiger partial charge on any atom is 0.419 e. The van der Waals surface area contributed by atoms with E-state index in [1.54, 1.807) is 7.05 Å². The molecule has 1 rings (SSSR count). The van der Waals surface area contributed by atoms with Crippen LogP contribution in [0.25, 0.3) is 0 Å². The number of nitrogens with zero attached hydrogens (tertiary/aromatic N) is 1. The van der Waals surface area contributed by atoms with Crippen molar-refractivity contribution >= 4 is 16.8 Å². The van der Waals surface area contributed by atoms with Gasteiger partial charge in [0.2, 0.25) is 0 Å². The van der Waals surface area contributed by atoms with Gasteiger partial charge < -0.3 is 5.32 Å². The molecule has 1 aliphatic heterocycles. The van der Waals surface area contributed by atoms with Crippen molar-refractivity contribution in [1.29, 1.82) is 0 Å². The second-order valence-corrected chi connectivity index (χ2v) is 3.00. The number of rotatable bonds is 1. The Bertz CT molecular complexity index is 315. The first-order valence-corrected chi connectivity index (χ1v) is 4.20. The van der Waals surface area contributed by atoms with Crippen molar-refractivity contribution in [1.82, 2.24) is 5.32 Å². The van der Waals surface area contributed by atoms with Crippen LogP contribution in [-0.2, 0) is 0 Å². The van der Waals surface area contributed by atoms with Gasteiger partial charge in [-0.1, -0.05) is 17.7 Å². The van der Waals surface area contributed by atoms with Crippen LogP contribution in [0.5, 0.6) is 0 Å². The molecule has 0 bridgehead atoms. The lowest BCUT2D eigenvalue weighted by Gasteiger charge is -2.08. The second-order valence-electron chi connectivity index (χ2n) is 2.64. The maximum atomic E-state index is 12.3. The zero-order valence-electron chi connectivity index (χ0n) is 7.32. The van der Waals surface area contributed by atoms with E-state index in [-0.39, 0.29) is 6.42 Å². The summed E-state index contributed by atoms with van der Waals surface area (Å²) in [5, 5.41) is 2.19. The number of alkyl halides is 3. The van der Waals surface area contributed by atoms with Gasteiger partial charge in [-0.2, -0.15) is 13.2 Å². The molecule has 1 aliphatic rings. The summed E-state index contributed by atoms with van der Waals surface area (Å²) in [5.74, 6) is 0. The topological polar surface area (TPSA) is 24.4 Å². The van der Waals surface area contributed by atoms with E-state index < -0.39 is 16.9 Å². The molecular weight excluding hydrogens is 217 g/mol. The van der Waals surface area contributed by atoms with Crippen LogP contribution in [0.1, 0.15) is 6.42 Å². The average Bonchev–Trinajstić information content (AvgIpc) is 2.25. The third kappa shape index (κ3) is 2.51. The van der Waals surface area contributed by atoms with Crippen LogP contribution in [0.3, 0.4) is 0 Å². The predicted octanol–water partition coefficient (Wildman–Crippen LogP) is 2.58. The molecule has 0 atom stereocenters. The average molecular weight is 225 g/mol. The van der Waals surface area contributed by atoms with Crippen molar-refractivity contribution in [3.05, 3.63) is 23.5 Å². The molecule has 0 aromatic heterocycles. The molecule has 0 saturated heterocycles. The largest absolute Gasteiger partial charge is 0.419 e. The van der Waals surface area contributed by atoms with Crippen molar-refractivity contribution in [3.8, 4) is 0 Å². The van der Waals surface area contributed by atoms with Crippen LogP contribution in [0.4, 0.5) is 13.2 Å². The van der Waals surface area contributed by atoms with Crippen LogP contribution in [0.15, 0.2) is 28.5 Å². The first kappa shape index (κ1) is 11.1. The molecule has 1 N–H and O–H groups in total. The molecule has 0 saturated carbocycles. The maximum absolute atomic E-state index is 12.3. The summed E-state index contributed by atoms with van der Waals surface area (Å²) < 4.78 is 37.0. The summed E-state index contributed by atoms with van der Waals surface area (Å²) in [7, 11) is 1.61. The van der Waals surface area contributed by atoms with E-state index in [0.29, 0.717) is 5.70 Å². The fourth-order valence-electron chi connectivity index (χ4n) is 0.952. The van der Waals surface area contributed by atoms with Crippen molar-refractivity contribution < 1.29 is 13.2 Å². The Balaban J connectivity index is 2.98. The van der Waals surface area contributed by atoms with Gasteiger partial charge in [0.05, 0.1) is 5.57 Å². The summed E-state index contributed by atoms with van der Waals surface area (Å²) in [6.45, 7) is 0. The number of hydrogen-bond donors (Lipinski definition) is 1. The molecule has 0 radical (unpaired) electrons. The third-order valence-electron chi connectivity index (χ3n) is 1.71. The lowest BCUT2D eigenvalue weighted by Crippen LogP contribution is -2.16. The van der Waals surface area contributed by atoms with Gasteiger partial charge >= 0.3 is 6.18 Å². The van der Waals surface area contributed by atoms with Gasteiger partial charge in [-0.25, -0.2) is 4.99 Å². The van der Waals surface area contributed by atoms with Crippen LogP contribution >= 0.6 is 11.6 Å². The van der Waals surface area contributed by atoms with Gasteiger partial charge in [-0.05, 0) is 0 Å². The summed E-state index contributed by atoms with van der Waals surface area (Å²) in [6.07, 6.45) is -2.00. The predicted molar refractivity (Wildman–Crippen MR) is 49.2 cm³/mol. The minimum absolute atomic E-state index is 0.144. The molecule has 0 aliphatic carbocycles. The highest BCUT2D eigenvalue weighted by atomic mass is 35.5. The molecule has 0 aromatic carbocycles. The monoisotopic (exact) mass is 224 g/mol. The molecule has 6 heteroatoms. The Morgan fingerprint density at radius 1 is 1.50 bits per heavy atom. The Kier molecular flexibility index (Phi) is 3.21. The molecule has 0 aromatic rings. The van der Waals surface area contributed by atoms with E-state index in [9.17, 15) is 13.2 Å². The molecule has 14 heavy (non-hydrogen) atoms. The highest BCUT2D eigenvalue weighted by molar-refractivity contribution is 6.69. The first-order valence-electron chi connectivity index (χ1n) is 3.83. The van der Waals surface area contributed by atoms with Crippen molar-refractivity contribution in [2.45, 2.75) is 12.6 Å². The van der Waals surface area contributed by atoms with Crippen LogP contribution in [0.2, 0.25) is 0 Å². The number of aliphatic imine (C=N–C) groups is 1. The Hall–Kier alpha value is -0.970. The Morgan fingerprint density at radius 3 is 2.64 bits per heavy atom. The Morgan fingerprint density at radius 2 is 2.14 bits per heavy atom. The molecule has 2 nitrogen and oxygen atoms in total.